The van der Waals surface area contributed by atoms with Gasteiger partial charge in [0.1, 0.15) is 5.52 Å². The number of rotatable bonds is 4. The monoisotopic (exact) mass is 398 g/mol. The molecule has 0 saturated carbocycles. The second kappa shape index (κ2) is 8.40. The molecule has 1 amide bonds. The van der Waals surface area contributed by atoms with Crippen LogP contribution in [0.1, 0.15) is 22.8 Å². The van der Waals surface area contributed by atoms with Gasteiger partial charge >= 0.3 is 0 Å². The van der Waals surface area contributed by atoms with E-state index in [1.54, 1.807) is 0 Å². The van der Waals surface area contributed by atoms with Crippen molar-refractivity contribution in [2.45, 2.75) is 23.8 Å². The van der Waals surface area contributed by atoms with Crippen LogP contribution in [-0.4, -0.2) is 40.4 Å². The van der Waals surface area contributed by atoms with Crippen molar-refractivity contribution in [3.63, 3.8) is 0 Å². The van der Waals surface area contributed by atoms with E-state index in [0.29, 0.717) is 16.2 Å². The first kappa shape index (κ1) is 18.4. The highest BCUT2D eigenvalue weighted by Crippen LogP contribution is 2.36. The number of fused-ring (bicyclic) bond motifs is 1. The van der Waals surface area contributed by atoms with Crippen molar-refractivity contribution in [3.05, 3.63) is 59.7 Å². The molecule has 4 rings (SSSR count). The van der Waals surface area contributed by atoms with Crippen LogP contribution in [0.25, 0.3) is 11.1 Å². The summed E-state index contributed by atoms with van der Waals surface area (Å²) in [6.45, 7) is 3.78. The second-order valence-electron chi connectivity index (χ2n) is 6.62. The Balaban J connectivity index is 1.34. The molecule has 1 atom stereocenters. The molecular weight excluding hydrogens is 376 g/mol. The molecule has 1 fully saturated rings. The van der Waals surface area contributed by atoms with Crippen LogP contribution in [0.15, 0.2) is 58.2 Å². The van der Waals surface area contributed by atoms with Crippen LogP contribution in [-0.2, 0) is 4.79 Å². The minimum atomic E-state index is 0.160. The number of para-hydroxylation sites is 2. The van der Waals surface area contributed by atoms with E-state index in [1.165, 1.54) is 22.9 Å². The van der Waals surface area contributed by atoms with Gasteiger partial charge in [0.2, 0.25) is 5.91 Å². The largest absolute Gasteiger partial charge is 0.431 e. The maximum atomic E-state index is 12.7. The highest BCUT2D eigenvalue weighted by atomic mass is 32.2. The van der Waals surface area contributed by atoms with Gasteiger partial charge in [0.05, 0.1) is 5.75 Å². The van der Waals surface area contributed by atoms with Gasteiger partial charge in [0.25, 0.3) is 5.22 Å². The normalized spacial score (nSPS) is 17.8. The smallest absolute Gasteiger partial charge is 0.257 e. The van der Waals surface area contributed by atoms with Crippen LogP contribution in [0.2, 0.25) is 0 Å². The molecule has 0 spiro atoms. The van der Waals surface area contributed by atoms with Gasteiger partial charge in [-0.15, -0.1) is 0 Å². The number of hydrogen-bond donors (Lipinski definition) is 0. The van der Waals surface area contributed by atoms with Gasteiger partial charge < -0.3 is 9.32 Å². The number of nitrogens with zero attached hydrogens (tertiary/aromatic N) is 2. The third-order valence-corrected chi connectivity index (χ3v) is 6.95. The van der Waals surface area contributed by atoms with E-state index >= 15 is 0 Å². The molecule has 27 heavy (non-hydrogen) atoms. The van der Waals surface area contributed by atoms with E-state index < -0.39 is 0 Å². The summed E-state index contributed by atoms with van der Waals surface area (Å²) < 4.78 is 5.70. The summed E-state index contributed by atoms with van der Waals surface area (Å²) in [6.07, 6.45) is 0.995. The van der Waals surface area contributed by atoms with Crippen molar-refractivity contribution in [3.8, 4) is 0 Å². The Hall–Kier alpha value is -1.92. The predicted molar refractivity (Wildman–Crippen MR) is 112 cm³/mol. The molecular formula is C21H22N2O2S2. The van der Waals surface area contributed by atoms with E-state index in [1.807, 2.05) is 40.9 Å². The Bertz CT molecular complexity index is 908. The SMILES string of the molecule is Cc1ccccc1C1CCN(C(=O)CSc2nc3ccccc3o2)CCS1. The maximum absolute atomic E-state index is 12.7. The Labute approximate surface area is 167 Å². The fourth-order valence-corrected chi connectivity index (χ4v) is 5.41. The van der Waals surface area contributed by atoms with Gasteiger partial charge in [-0.3, -0.25) is 4.79 Å². The quantitative estimate of drug-likeness (QED) is 0.583. The van der Waals surface area contributed by atoms with Crippen LogP contribution in [0, 0.1) is 6.92 Å². The molecule has 1 saturated heterocycles. The third-order valence-electron chi connectivity index (χ3n) is 4.82. The number of amides is 1. The summed E-state index contributed by atoms with van der Waals surface area (Å²) in [6, 6.07) is 16.2. The fourth-order valence-electron chi connectivity index (χ4n) is 3.34. The summed E-state index contributed by atoms with van der Waals surface area (Å²) in [5, 5.41) is 1.03. The van der Waals surface area contributed by atoms with E-state index in [9.17, 15) is 4.79 Å². The van der Waals surface area contributed by atoms with Crippen LogP contribution < -0.4 is 0 Å². The van der Waals surface area contributed by atoms with Gasteiger partial charge in [-0.25, -0.2) is 4.98 Å². The lowest BCUT2D eigenvalue weighted by Crippen LogP contribution is -2.34. The third kappa shape index (κ3) is 4.33. The first-order valence-corrected chi connectivity index (χ1v) is 11.2. The predicted octanol–water partition coefficient (Wildman–Crippen LogP) is 4.94. The standard InChI is InChI=1S/C21H22N2O2S2/c1-15-6-2-3-7-16(15)19-10-11-23(12-13-26-19)20(24)14-27-21-22-17-8-4-5-9-18(17)25-21/h2-9,19H,10-14H2,1H3. The molecule has 0 aliphatic carbocycles. The first-order chi connectivity index (χ1) is 13.2. The van der Waals surface area contributed by atoms with Gasteiger partial charge in [0, 0.05) is 24.1 Å². The fraction of sp³-hybridized carbons (Fsp3) is 0.333. The van der Waals surface area contributed by atoms with Gasteiger partial charge in [-0.1, -0.05) is 48.2 Å². The van der Waals surface area contributed by atoms with E-state index in [-0.39, 0.29) is 5.91 Å². The Morgan fingerprint density at radius 3 is 2.89 bits per heavy atom. The second-order valence-corrected chi connectivity index (χ2v) is 8.86. The molecule has 1 aliphatic rings. The summed E-state index contributed by atoms with van der Waals surface area (Å²) >= 11 is 3.34. The number of hydrogen-bond acceptors (Lipinski definition) is 5. The van der Waals surface area contributed by atoms with Crippen LogP contribution >= 0.6 is 23.5 Å². The number of carbonyl (C=O) groups is 1. The molecule has 1 aliphatic heterocycles. The van der Waals surface area contributed by atoms with Crippen molar-refractivity contribution < 1.29 is 9.21 Å². The lowest BCUT2D eigenvalue weighted by molar-refractivity contribution is -0.128. The lowest BCUT2D eigenvalue weighted by Gasteiger charge is -2.20. The maximum Gasteiger partial charge on any atom is 0.257 e. The highest BCUT2D eigenvalue weighted by molar-refractivity contribution is 7.99. The zero-order valence-electron chi connectivity index (χ0n) is 15.3. The number of thioether (sulfide) groups is 2. The van der Waals surface area contributed by atoms with Gasteiger partial charge in [0.15, 0.2) is 5.58 Å². The van der Waals surface area contributed by atoms with E-state index in [2.05, 4.69) is 36.2 Å². The summed E-state index contributed by atoms with van der Waals surface area (Å²) in [4.78, 5) is 19.1. The summed E-state index contributed by atoms with van der Waals surface area (Å²) in [5.41, 5.74) is 4.33. The van der Waals surface area contributed by atoms with Crippen molar-refractivity contribution in [2.75, 3.05) is 24.6 Å². The summed E-state index contributed by atoms with van der Waals surface area (Å²) in [5.74, 6) is 1.50. The summed E-state index contributed by atoms with van der Waals surface area (Å²) in [7, 11) is 0. The molecule has 4 nitrogen and oxygen atoms in total. The van der Waals surface area contributed by atoms with Crippen LogP contribution in [0.5, 0.6) is 0 Å². The van der Waals surface area contributed by atoms with Gasteiger partial charge in [-0.2, -0.15) is 11.8 Å². The number of benzene rings is 2. The number of aromatic nitrogens is 1. The lowest BCUT2D eigenvalue weighted by atomic mass is 10.0. The Kier molecular flexibility index (Phi) is 5.74. The van der Waals surface area contributed by atoms with Crippen molar-refractivity contribution in [2.24, 2.45) is 0 Å². The van der Waals surface area contributed by atoms with Crippen LogP contribution in [0.3, 0.4) is 0 Å². The minimum absolute atomic E-state index is 0.160. The van der Waals surface area contributed by atoms with E-state index in [0.717, 1.165) is 36.4 Å². The molecule has 0 radical (unpaired) electrons. The van der Waals surface area contributed by atoms with E-state index in [4.69, 9.17) is 4.42 Å². The molecule has 3 aromatic rings. The number of oxazole rings is 1. The number of carbonyl (C=O) groups excluding carboxylic acids is 1. The molecule has 0 N–H and O–H groups in total. The number of aryl methyl sites for hydroxylation is 1. The molecule has 2 heterocycles. The molecule has 2 aromatic carbocycles. The molecule has 140 valence electrons. The highest BCUT2D eigenvalue weighted by Gasteiger charge is 2.23. The minimum Gasteiger partial charge on any atom is -0.431 e. The zero-order valence-corrected chi connectivity index (χ0v) is 16.9. The Morgan fingerprint density at radius 1 is 1.22 bits per heavy atom. The molecule has 1 unspecified atom stereocenters. The average Bonchev–Trinajstić information content (AvgIpc) is 2.94. The van der Waals surface area contributed by atoms with Crippen molar-refractivity contribution >= 4 is 40.5 Å². The topological polar surface area (TPSA) is 46.3 Å². The average molecular weight is 399 g/mol. The molecule has 6 heteroatoms. The van der Waals surface area contributed by atoms with Crippen molar-refractivity contribution in [1.29, 1.82) is 0 Å². The first-order valence-electron chi connectivity index (χ1n) is 9.14. The Morgan fingerprint density at radius 2 is 2.04 bits per heavy atom. The molecule has 0 bridgehead atoms. The zero-order chi connectivity index (χ0) is 18.6. The van der Waals surface area contributed by atoms with Crippen molar-refractivity contribution in [1.82, 2.24) is 9.88 Å². The van der Waals surface area contributed by atoms with Gasteiger partial charge in [-0.05, 0) is 36.6 Å². The van der Waals surface area contributed by atoms with Crippen LogP contribution in [0.4, 0.5) is 0 Å². The molecule has 1 aromatic heterocycles.